The van der Waals surface area contributed by atoms with Gasteiger partial charge in [0.15, 0.2) is 0 Å². The van der Waals surface area contributed by atoms with Gasteiger partial charge in [-0.3, -0.25) is 4.79 Å². The highest BCUT2D eigenvalue weighted by molar-refractivity contribution is 7.91. The van der Waals surface area contributed by atoms with Crippen molar-refractivity contribution in [2.45, 2.75) is 30.1 Å². The molecule has 0 bridgehead atoms. The monoisotopic (exact) mass is 313 g/mol. The molecular weight excluding hydrogens is 294 g/mol. The summed E-state index contributed by atoms with van der Waals surface area (Å²) in [4.78, 5) is 11.3. The van der Waals surface area contributed by atoms with Crippen LogP contribution in [0.3, 0.4) is 0 Å². The molecule has 0 unspecified atom stereocenters. The summed E-state index contributed by atoms with van der Waals surface area (Å²) in [5.41, 5.74) is 0.768. The summed E-state index contributed by atoms with van der Waals surface area (Å²) < 4.78 is 31.0. The highest BCUT2D eigenvalue weighted by Crippen LogP contribution is 2.43. The highest BCUT2D eigenvalue weighted by atomic mass is 32.2. The van der Waals surface area contributed by atoms with Crippen LogP contribution in [0.15, 0.2) is 30.3 Å². The number of carboxylic acids is 1. The van der Waals surface area contributed by atoms with Crippen molar-refractivity contribution in [3.8, 4) is 0 Å². The maximum atomic E-state index is 12.4. The molecule has 0 spiro atoms. The number of hydrogen-bond donors (Lipinski definition) is 2. The van der Waals surface area contributed by atoms with Gasteiger partial charge in [-0.2, -0.15) is 0 Å². The number of ether oxygens (including phenoxy) is 1. The number of methoxy groups -OCH3 is 1. The van der Waals surface area contributed by atoms with Gasteiger partial charge in [-0.05, 0) is 24.8 Å². The number of aliphatic carboxylic acids is 1. The maximum Gasteiger partial charge on any atom is 0.322 e. The third kappa shape index (κ3) is 3.61. The molecule has 6 nitrogen and oxygen atoms in total. The van der Waals surface area contributed by atoms with Crippen molar-refractivity contribution >= 4 is 16.0 Å². The van der Waals surface area contributed by atoms with Crippen LogP contribution in [0, 0.1) is 0 Å². The van der Waals surface area contributed by atoms with E-state index in [2.05, 4.69) is 4.72 Å². The summed E-state index contributed by atoms with van der Waals surface area (Å²) in [6.07, 6.45) is 1.10. The Bertz CT molecular complexity index is 595. The first-order valence-corrected chi connectivity index (χ1v) is 8.16. The normalized spacial score (nSPS) is 18.1. The molecule has 1 aromatic carbocycles. The van der Waals surface area contributed by atoms with Gasteiger partial charge in [-0.25, -0.2) is 13.1 Å². The van der Waals surface area contributed by atoms with Gasteiger partial charge in [0.2, 0.25) is 10.0 Å². The molecule has 1 fully saturated rings. The lowest BCUT2D eigenvalue weighted by Gasteiger charge is -2.20. The molecule has 2 N–H and O–H groups in total. The van der Waals surface area contributed by atoms with Crippen LogP contribution in [0.4, 0.5) is 0 Å². The lowest BCUT2D eigenvalue weighted by atomic mass is 10.1. The van der Waals surface area contributed by atoms with E-state index in [4.69, 9.17) is 4.74 Å². The van der Waals surface area contributed by atoms with E-state index in [0.717, 1.165) is 5.56 Å². The van der Waals surface area contributed by atoms with Crippen molar-refractivity contribution in [3.05, 3.63) is 35.9 Å². The second-order valence-electron chi connectivity index (χ2n) is 5.32. The third-order valence-electron chi connectivity index (χ3n) is 3.66. The van der Waals surface area contributed by atoms with E-state index in [-0.39, 0.29) is 13.0 Å². The quantitative estimate of drug-likeness (QED) is 0.740. The largest absolute Gasteiger partial charge is 0.480 e. The summed E-state index contributed by atoms with van der Waals surface area (Å²) in [7, 11) is -2.29. The number of hydrogen-bond acceptors (Lipinski definition) is 4. The van der Waals surface area contributed by atoms with Gasteiger partial charge in [0.1, 0.15) is 10.8 Å². The summed E-state index contributed by atoms with van der Waals surface area (Å²) in [6.45, 7) is 0.0833. The van der Waals surface area contributed by atoms with Gasteiger partial charge in [0.05, 0.1) is 6.61 Å². The van der Waals surface area contributed by atoms with Crippen LogP contribution in [0.1, 0.15) is 18.4 Å². The van der Waals surface area contributed by atoms with E-state index < -0.39 is 26.8 Å². The van der Waals surface area contributed by atoms with E-state index >= 15 is 0 Å². The molecule has 0 aromatic heterocycles. The van der Waals surface area contributed by atoms with E-state index in [0.29, 0.717) is 12.8 Å². The van der Waals surface area contributed by atoms with Crippen LogP contribution in [0.2, 0.25) is 0 Å². The van der Waals surface area contributed by atoms with E-state index in [1.165, 1.54) is 7.11 Å². The van der Waals surface area contributed by atoms with Gasteiger partial charge >= 0.3 is 5.97 Å². The van der Waals surface area contributed by atoms with Crippen molar-refractivity contribution in [2.24, 2.45) is 0 Å². The Morgan fingerprint density at radius 2 is 2.00 bits per heavy atom. The Kier molecular flexibility index (Phi) is 4.65. The Labute approximate surface area is 124 Å². The molecule has 21 heavy (non-hydrogen) atoms. The van der Waals surface area contributed by atoms with Gasteiger partial charge in [-0.1, -0.05) is 30.3 Å². The van der Waals surface area contributed by atoms with Crippen molar-refractivity contribution < 1.29 is 23.1 Å². The molecular formula is C14H19NO5S. The first kappa shape index (κ1) is 15.9. The molecule has 0 radical (unpaired) electrons. The second-order valence-corrected chi connectivity index (χ2v) is 7.43. The first-order chi connectivity index (χ1) is 9.90. The van der Waals surface area contributed by atoms with E-state index in [1.807, 2.05) is 6.07 Å². The summed E-state index contributed by atoms with van der Waals surface area (Å²) in [5.74, 6) is -1.18. The SMILES string of the molecule is COCC1(S(=O)(=O)N[C@@H](Cc2ccccc2)C(=O)O)CC1. The van der Waals surface area contributed by atoms with Crippen LogP contribution in [-0.2, 0) is 26.0 Å². The fraction of sp³-hybridized carbons (Fsp3) is 0.500. The summed E-state index contributed by atoms with van der Waals surface area (Å²) >= 11 is 0. The first-order valence-electron chi connectivity index (χ1n) is 6.68. The fourth-order valence-electron chi connectivity index (χ4n) is 2.23. The average molecular weight is 313 g/mol. The number of benzene rings is 1. The number of rotatable bonds is 8. The Balaban J connectivity index is 2.12. The van der Waals surface area contributed by atoms with Crippen LogP contribution >= 0.6 is 0 Å². The zero-order valence-electron chi connectivity index (χ0n) is 11.8. The Hall–Kier alpha value is -1.44. The average Bonchev–Trinajstić information content (AvgIpc) is 3.21. The van der Waals surface area contributed by atoms with Crippen LogP contribution in [0.25, 0.3) is 0 Å². The summed E-state index contributed by atoms with van der Waals surface area (Å²) in [6, 6.07) is 7.76. The van der Waals surface area contributed by atoms with Crippen LogP contribution in [-0.4, -0.2) is 44.0 Å². The van der Waals surface area contributed by atoms with Crippen molar-refractivity contribution in [1.29, 1.82) is 0 Å². The molecule has 0 saturated heterocycles. The number of sulfonamides is 1. The molecule has 1 aliphatic rings. The molecule has 0 heterocycles. The minimum absolute atomic E-state index is 0.0833. The fourth-order valence-corrected chi connectivity index (χ4v) is 3.96. The highest BCUT2D eigenvalue weighted by Gasteiger charge is 2.55. The molecule has 2 rings (SSSR count). The minimum atomic E-state index is -3.73. The van der Waals surface area contributed by atoms with Crippen LogP contribution < -0.4 is 4.72 Å². The molecule has 1 aliphatic carbocycles. The molecule has 1 aromatic rings. The lowest BCUT2D eigenvalue weighted by Crippen LogP contribution is -2.48. The van der Waals surface area contributed by atoms with Gasteiger partial charge in [-0.15, -0.1) is 0 Å². The predicted molar refractivity (Wildman–Crippen MR) is 77.5 cm³/mol. The topological polar surface area (TPSA) is 92.7 Å². The molecule has 7 heteroatoms. The molecule has 1 atom stereocenters. The molecule has 0 amide bonds. The molecule has 1 saturated carbocycles. The van der Waals surface area contributed by atoms with Gasteiger partial charge in [0.25, 0.3) is 0 Å². The standard InChI is InChI=1S/C14H19NO5S/c1-20-10-14(7-8-14)21(18,19)15-12(13(16)17)9-11-5-3-2-4-6-11/h2-6,12,15H,7-10H2,1H3,(H,16,17)/t12-/m0/s1. The lowest BCUT2D eigenvalue weighted by molar-refractivity contribution is -0.138. The number of carboxylic acid groups (broad SMARTS) is 1. The summed E-state index contributed by atoms with van der Waals surface area (Å²) in [5, 5.41) is 9.26. The van der Waals surface area contributed by atoms with Gasteiger partial charge in [0, 0.05) is 7.11 Å². The number of nitrogens with one attached hydrogen (secondary N) is 1. The number of carbonyl (C=O) groups is 1. The molecule has 0 aliphatic heterocycles. The van der Waals surface area contributed by atoms with Gasteiger partial charge < -0.3 is 9.84 Å². The zero-order chi connectivity index (χ0) is 15.5. The predicted octanol–water partition coefficient (Wildman–Crippen LogP) is 0.781. The third-order valence-corrected chi connectivity index (χ3v) is 5.92. The Morgan fingerprint density at radius 3 is 2.48 bits per heavy atom. The van der Waals surface area contributed by atoms with Crippen molar-refractivity contribution in [2.75, 3.05) is 13.7 Å². The Morgan fingerprint density at radius 1 is 1.38 bits per heavy atom. The van der Waals surface area contributed by atoms with Crippen LogP contribution in [0.5, 0.6) is 0 Å². The molecule has 116 valence electrons. The zero-order valence-corrected chi connectivity index (χ0v) is 12.6. The van der Waals surface area contributed by atoms with E-state index in [1.54, 1.807) is 24.3 Å². The van der Waals surface area contributed by atoms with E-state index in [9.17, 15) is 18.3 Å². The van der Waals surface area contributed by atoms with Crippen molar-refractivity contribution in [1.82, 2.24) is 4.72 Å². The second kappa shape index (κ2) is 6.13. The minimum Gasteiger partial charge on any atom is -0.480 e. The van der Waals surface area contributed by atoms with Crippen molar-refractivity contribution in [3.63, 3.8) is 0 Å². The smallest absolute Gasteiger partial charge is 0.322 e. The maximum absolute atomic E-state index is 12.4.